The number of fused-ring (bicyclic) bond motifs is 5. The van der Waals surface area contributed by atoms with E-state index in [-0.39, 0.29) is 23.3 Å². The molecule has 1 amide bonds. The van der Waals surface area contributed by atoms with Gasteiger partial charge in [-0.25, -0.2) is 0 Å². The van der Waals surface area contributed by atoms with Gasteiger partial charge in [-0.3, -0.25) is 9.59 Å². The molecule has 0 radical (unpaired) electrons. The van der Waals surface area contributed by atoms with E-state index >= 15 is 0 Å². The number of nitrogens with zero attached hydrogens (tertiary/aromatic N) is 1. The Morgan fingerprint density at radius 2 is 2.07 bits per heavy atom. The maximum atomic E-state index is 12.8. The number of rotatable bonds is 6. The summed E-state index contributed by atoms with van der Waals surface area (Å²) in [4.78, 5) is 30.4. The first kappa shape index (κ1) is 19.0. The van der Waals surface area contributed by atoms with Gasteiger partial charge in [0.05, 0.1) is 13.2 Å². The Hall–Kier alpha value is -2.34. The highest BCUT2D eigenvalue weighted by atomic mass is 16.5. The second-order valence-corrected chi connectivity index (χ2v) is 7.98. The number of benzene rings is 1. The van der Waals surface area contributed by atoms with Crippen LogP contribution in [-0.2, 0) is 25.5 Å². The van der Waals surface area contributed by atoms with Crippen molar-refractivity contribution in [3.63, 3.8) is 0 Å². The fraction of sp³-hybridized carbons (Fsp3) is 0.545. The lowest BCUT2D eigenvalue weighted by Gasteiger charge is -2.52. The summed E-state index contributed by atoms with van der Waals surface area (Å²) in [7, 11) is 3.13. The summed E-state index contributed by atoms with van der Waals surface area (Å²) in [6.07, 6.45) is 4.00. The minimum Gasteiger partial charge on any atom is -0.469 e. The van der Waals surface area contributed by atoms with E-state index in [0.29, 0.717) is 25.9 Å². The predicted molar refractivity (Wildman–Crippen MR) is 106 cm³/mol. The van der Waals surface area contributed by atoms with Crippen molar-refractivity contribution in [1.82, 2.24) is 9.88 Å². The topological polar surface area (TPSA) is 71.6 Å². The van der Waals surface area contributed by atoms with E-state index in [1.54, 1.807) is 7.11 Å². The van der Waals surface area contributed by atoms with Crippen molar-refractivity contribution >= 4 is 22.8 Å². The summed E-state index contributed by atoms with van der Waals surface area (Å²) in [6, 6.07) is 8.28. The number of hydrogen-bond donors (Lipinski definition) is 1. The number of amides is 1. The van der Waals surface area contributed by atoms with Gasteiger partial charge >= 0.3 is 5.97 Å². The molecular formula is C22H28N2O4. The Kier molecular flexibility index (Phi) is 5.15. The molecule has 150 valence electrons. The first-order valence-electron chi connectivity index (χ1n) is 10.0. The van der Waals surface area contributed by atoms with Crippen LogP contribution in [0.3, 0.4) is 0 Å². The van der Waals surface area contributed by atoms with Crippen LogP contribution in [0.25, 0.3) is 10.9 Å². The van der Waals surface area contributed by atoms with Gasteiger partial charge in [0.2, 0.25) is 5.91 Å². The summed E-state index contributed by atoms with van der Waals surface area (Å²) in [5.41, 5.74) is 3.36. The minimum absolute atomic E-state index is 0.0512. The normalized spacial score (nSPS) is 24.1. The largest absolute Gasteiger partial charge is 0.469 e. The molecule has 0 spiro atoms. The highest BCUT2D eigenvalue weighted by Gasteiger charge is 2.50. The van der Waals surface area contributed by atoms with Crippen LogP contribution < -0.4 is 0 Å². The number of carbonyl (C=O) groups excluding carboxylic acids is 2. The van der Waals surface area contributed by atoms with E-state index in [1.165, 1.54) is 18.1 Å². The van der Waals surface area contributed by atoms with Gasteiger partial charge in [0, 0.05) is 49.7 Å². The van der Waals surface area contributed by atoms with Gasteiger partial charge in [0.1, 0.15) is 0 Å². The molecule has 0 bridgehead atoms. The summed E-state index contributed by atoms with van der Waals surface area (Å²) in [6.45, 7) is 1.33. The van der Waals surface area contributed by atoms with Crippen molar-refractivity contribution in [2.75, 3.05) is 27.4 Å². The van der Waals surface area contributed by atoms with E-state index in [0.717, 1.165) is 37.0 Å². The zero-order valence-corrected chi connectivity index (χ0v) is 16.6. The van der Waals surface area contributed by atoms with Crippen LogP contribution in [-0.4, -0.2) is 49.1 Å². The summed E-state index contributed by atoms with van der Waals surface area (Å²) >= 11 is 0. The Morgan fingerprint density at radius 1 is 1.25 bits per heavy atom. The number of aromatic nitrogens is 1. The zero-order valence-electron chi connectivity index (χ0n) is 16.6. The third-order valence-electron chi connectivity index (χ3n) is 6.63. The molecule has 1 fully saturated rings. The maximum Gasteiger partial charge on any atom is 0.305 e. The van der Waals surface area contributed by atoms with Gasteiger partial charge in [0.15, 0.2) is 0 Å². The molecule has 3 heterocycles. The molecule has 2 atom stereocenters. The highest BCUT2D eigenvalue weighted by molar-refractivity contribution is 5.86. The molecular weight excluding hydrogens is 356 g/mol. The molecule has 2 aliphatic heterocycles. The number of piperidine rings is 1. The molecule has 0 saturated carbocycles. The first-order chi connectivity index (χ1) is 13.6. The number of H-pyrrole nitrogens is 1. The Balaban J connectivity index is 1.80. The van der Waals surface area contributed by atoms with Crippen molar-refractivity contribution in [1.29, 1.82) is 0 Å². The van der Waals surface area contributed by atoms with Gasteiger partial charge < -0.3 is 19.4 Å². The van der Waals surface area contributed by atoms with Crippen molar-refractivity contribution in [3.05, 3.63) is 35.5 Å². The first-order valence-corrected chi connectivity index (χ1v) is 10.0. The quantitative estimate of drug-likeness (QED) is 0.775. The molecule has 6 nitrogen and oxygen atoms in total. The SMILES string of the molecule is COCC[C@@]1(CCC(=O)OC)CCC(=O)N2CCc3c([nH]c4ccccc34)[C@@H]21. The molecule has 6 heteroatoms. The van der Waals surface area contributed by atoms with E-state index in [1.807, 2.05) is 11.0 Å². The second-order valence-electron chi connectivity index (χ2n) is 7.98. The van der Waals surface area contributed by atoms with Gasteiger partial charge in [-0.2, -0.15) is 0 Å². The number of hydrogen-bond acceptors (Lipinski definition) is 4. The Labute approximate surface area is 165 Å². The van der Waals surface area contributed by atoms with E-state index in [4.69, 9.17) is 9.47 Å². The van der Waals surface area contributed by atoms with Crippen LogP contribution in [0.4, 0.5) is 0 Å². The average Bonchev–Trinajstić information content (AvgIpc) is 3.11. The number of nitrogens with one attached hydrogen (secondary N) is 1. The van der Waals surface area contributed by atoms with Crippen molar-refractivity contribution < 1.29 is 19.1 Å². The van der Waals surface area contributed by atoms with E-state index in [2.05, 4.69) is 23.2 Å². The minimum atomic E-state index is -0.201. The lowest BCUT2D eigenvalue weighted by Crippen LogP contribution is -2.52. The lowest BCUT2D eigenvalue weighted by molar-refractivity contribution is -0.148. The fourth-order valence-corrected chi connectivity index (χ4v) is 5.19. The van der Waals surface area contributed by atoms with Gasteiger partial charge in [0.25, 0.3) is 0 Å². The van der Waals surface area contributed by atoms with Crippen LogP contribution in [0.1, 0.15) is 49.4 Å². The lowest BCUT2D eigenvalue weighted by atomic mass is 9.65. The summed E-state index contributed by atoms with van der Waals surface area (Å²) < 4.78 is 10.3. The van der Waals surface area contributed by atoms with Crippen molar-refractivity contribution in [3.8, 4) is 0 Å². The van der Waals surface area contributed by atoms with E-state index in [9.17, 15) is 9.59 Å². The molecule has 1 saturated heterocycles. The molecule has 1 aromatic carbocycles. The standard InChI is InChI=1S/C22H28N2O4/c1-27-14-12-22(11-8-19(26)28-2)10-7-18(25)24-13-9-16-15-5-3-4-6-17(15)23-20(16)21(22)24/h3-6,21,23H,7-14H2,1-2H3/t21-,22+/m1/s1. The number of aromatic amines is 1. The van der Waals surface area contributed by atoms with Crippen molar-refractivity contribution in [2.24, 2.45) is 5.41 Å². The zero-order chi connectivity index (χ0) is 19.7. The third kappa shape index (κ3) is 3.09. The number of esters is 1. The predicted octanol–water partition coefficient (Wildman–Crippen LogP) is 3.36. The number of methoxy groups -OCH3 is 2. The van der Waals surface area contributed by atoms with E-state index < -0.39 is 0 Å². The smallest absolute Gasteiger partial charge is 0.305 e. The van der Waals surface area contributed by atoms with Crippen molar-refractivity contribution in [2.45, 2.75) is 44.6 Å². The maximum absolute atomic E-state index is 12.8. The summed E-state index contributed by atoms with van der Waals surface area (Å²) in [5.74, 6) is 0.00772. The highest BCUT2D eigenvalue weighted by Crippen LogP contribution is 2.54. The molecule has 2 aliphatic rings. The second kappa shape index (κ2) is 7.59. The van der Waals surface area contributed by atoms with Gasteiger partial charge in [-0.15, -0.1) is 0 Å². The number of para-hydroxylation sites is 1. The monoisotopic (exact) mass is 384 g/mol. The van der Waals surface area contributed by atoms with Crippen LogP contribution in [0.2, 0.25) is 0 Å². The van der Waals surface area contributed by atoms with Crippen LogP contribution in [0.5, 0.6) is 0 Å². The number of ether oxygens (including phenoxy) is 2. The molecule has 2 aromatic rings. The molecule has 1 aromatic heterocycles. The van der Waals surface area contributed by atoms with Crippen LogP contribution in [0.15, 0.2) is 24.3 Å². The molecule has 0 aliphatic carbocycles. The van der Waals surface area contributed by atoms with Gasteiger partial charge in [-0.1, -0.05) is 18.2 Å². The fourth-order valence-electron chi connectivity index (χ4n) is 5.19. The molecule has 0 unspecified atom stereocenters. The molecule has 28 heavy (non-hydrogen) atoms. The van der Waals surface area contributed by atoms with Crippen LogP contribution in [0, 0.1) is 5.41 Å². The third-order valence-corrected chi connectivity index (χ3v) is 6.63. The van der Waals surface area contributed by atoms with Crippen LogP contribution >= 0.6 is 0 Å². The van der Waals surface area contributed by atoms with Gasteiger partial charge in [-0.05, 0) is 42.7 Å². The average molecular weight is 384 g/mol. The molecule has 1 N–H and O–H groups in total. The number of carbonyl (C=O) groups is 2. The Morgan fingerprint density at radius 3 is 2.86 bits per heavy atom. The molecule has 4 rings (SSSR count). The Bertz CT molecular complexity index is 890. The summed E-state index contributed by atoms with van der Waals surface area (Å²) in [5, 5.41) is 1.24.